The maximum atomic E-state index is 10.9. The van der Waals surface area contributed by atoms with Crippen molar-refractivity contribution in [1.29, 1.82) is 0 Å². The number of rotatable bonds is 4. The highest BCUT2D eigenvalue weighted by Crippen LogP contribution is 2.28. The second-order valence-electron chi connectivity index (χ2n) is 4.04. The smallest absolute Gasteiger partial charge is 0.293 e. The van der Waals surface area contributed by atoms with Crippen LogP contribution in [0, 0.1) is 17.0 Å². The molecule has 0 aliphatic rings. The van der Waals surface area contributed by atoms with Gasteiger partial charge in [-0.3, -0.25) is 15.1 Å². The monoisotopic (exact) mass is 277 g/mol. The van der Waals surface area contributed by atoms with Crippen LogP contribution in [0.2, 0.25) is 5.02 Å². The van der Waals surface area contributed by atoms with Crippen LogP contribution in [0.4, 0.5) is 11.4 Å². The fraction of sp³-hybridized carbons (Fsp3) is 0.154. The van der Waals surface area contributed by atoms with Crippen molar-refractivity contribution in [1.82, 2.24) is 4.98 Å². The molecule has 0 fully saturated rings. The van der Waals surface area contributed by atoms with Gasteiger partial charge in [-0.2, -0.15) is 0 Å². The summed E-state index contributed by atoms with van der Waals surface area (Å²) in [7, 11) is 0. The summed E-state index contributed by atoms with van der Waals surface area (Å²) in [6.07, 6.45) is 1.69. The van der Waals surface area contributed by atoms with Gasteiger partial charge in [0.05, 0.1) is 17.2 Å². The van der Waals surface area contributed by atoms with Crippen molar-refractivity contribution in [3.8, 4) is 0 Å². The van der Waals surface area contributed by atoms with Gasteiger partial charge in [-0.1, -0.05) is 17.7 Å². The summed E-state index contributed by atoms with van der Waals surface area (Å²) in [4.78, 5) is 14.7. The Morgan fingerprint density at radius 2 is 2.21 bits per heavy atom. The summed E-state index contributed by atoms with van der Waals surface area (Å²) in [6, 6.07) is 8.33. The van der Waals surface area contributed by atoms with Crippen LogP contribution < -0.4 is 5.32 Å². The summed E-state index contributed by atoms with van der Waals surface area (Å²) in [5.41, 5.74) is 2.28. The molecule has 5 nitrogen and oxygen atoms in total. The Kier molecular flexibility index (Phi) is 3.97. The van der Waals surface area contributed by atoms with Crippen molar-refractivity contribution < 1.29 is 4.92 Å². The van der Waals surface area contributed by atoms with E-state index >= 15 is 0 Å². The highest BCUT2D eigenvalue weighted by Gasteiger charge is 2.14. The van der Waals surface area contributed by atoms with Gasteiger partial charge >= 0.3 is 0 Å². The Bertz CT molecular complexity index is 617. The summed E-state index contributed by atoms with van der Waals surface area (Å²) >= 11 is 5.76. The van der Waals surface area contributed by atoms with Crippen molar-refractivity contribution in [3.63, 3.8) is 0 Å². The maximum Gasteiger partial charge on any atom is 0.293 e. The lowest BCUT2D eigenvalue weighted by atomic mass is 10.2. The summed E-state index contributed by atoms with van der Waals surface area (Å²) in [6.45, 7) is 2.37. The fourth-order valence-electron chi connectivity index (χ4n) is 1.69. The largest absolute Gasteiger partial charge is 0.374 e. The Balaban J connectivity index is 2.20. The van der Waals surface area contributed by atoms with Crippen molar-refractivity contribution in [2.75, 3.05) is 5.32 Å². The van der Waals surface area contributed by atoms with Crippen LogP contribution in [0.15, 0.2) is 36.5 Å². The SMILES string of the molecule is Cc1cccnc1CNc1ccc(Cl)cc1[N+](=O)[O-]. The van der Waals surface area contributed by atoms with E-state index < -0.39 is 4.92 Å². The molecule has 0 saturated heterocycles. The minimum Gasteiger partial charge on any atom is -0.374 e. The molecule has 0 aliphatic heterocycles. The van der Waals surface area contributed by atoms with E-state index in [9.17, 15) is 10.1 Å². The van der Waals surface area contributed by atoms with Gasteiger partial charge in [-0.05, 0) is 30.7 Å². The molecular formula is C13H12ClN3O2. The van der Waals surface area contributed by atoms with Gasteiger partial charge in [-0.25, -0.2) is 0 Å². The topological polar surface area (TPSA) is 68.1 Å². The Hall–Kier alpha value is -2.14. The van der Waals surface area contributed by atoms with Crippen LogP contribution >= 0.6 is 11.6 Å². The standard InChI is InChI=1S/C13H12ClN3O2/c1-9-3-2-6-15-12(9)8-16-11-5-4-10(14)7-13(11)17(18)19/h2-7,16H,8H2,1H3. The zero-order valence-electron chi connectivity index (χ0n) is 10.3. The Labute approximate surface area is 115 Å². The third-order valence-electron chi connectivity index (χ3n) is 2.72. The average molecular weight is 278 g/mol. The molecule has 0 saturated carbocycles. The number of nitrogens with zero attached hydrogens (tertiary/aromatic N) is 2. The molecule has 1 aromatic carbocycles. The van der Waals surface area contributed by atoms with Crippen molar-refractivity contribution in [2.45, 2.75) is 13.5 Å². The van der Waals surface area contributed by atoms with E-state index in [1.54, 1.807) is 18.3 Å². The second-order valence-corrected chi connectivity index (χ2v) is 4.48. The number of hydrogen-bond acceptors (Lipinski definition) is 4. The fourth-order valence-corrected chi connectivity index (χ4v) is 1.85. The number of aromatic nitrogens is 1. The van der Waals surface area contributed by atoms with Gasteiger partial charge in [0.1, 0.15) is 5.69 Å². The van der Waals surface area contributed by atoms with E-state index in [1.165, 1.54) is 6.07 Å². The predicted molar refractivity (Wildman–Crippen MR) is 74.4 cm³/mol. The third kappa shape index (κ3) is 3.20. The van der Waals surface area contributed by atoms with Gasteiger partial charge in [0.15, 0.2) is 0 Å². The summed E-state index contributed by atoms with van der Waals surface area (Å²) in [5, 5.41) is 14.3. The van der Waals surface area contributed by atoms with Gasteiger partial charge in [0, 0.05) is 17.3 Å². The number of halogens is 1. The number of aryl methyl sites for hydroxylation is 1. The minimum atomic E-state index is -0.459. The van der Waals surface area contributed by atoms with Crippen LogP contribution in [0.25, 0.3) is 0 Å². The summed E-state index contributed by atoms with van der Waals surface area (Å²) < 4.78 is 0. The third-order valence-corrected chi connectivity index (χ3v) is 2.96. The van der Waals surface area contributed by atoms with Crippen LogP contribution in [0.3, 0.4) is 0 Å². The molecule has 2 aromatic rings. The molecule has 2 rings (SSSR count). The van der Waals surface area contributed by atoms with E-state index in [-0.39, 0.29) is 5.69 Å². The van der Waals surface area contributed by atoms with E-state index in [1.807, 2.05) is 19.1 Å². The van der Waals surface area contributed by atoms with Gasteiger partial charge in [0.2, 0.25) is 0 Å². The van der Waals surface area contributed by atoms with Crippen molar-refractivity contribution in [2.24, 2.45) is 0 Å². The van der Waals surface area contributed by atoms with Gasteiger partial charge < -0.3 is 5.32 Å². The first-order valence-electron chi connectivity index (χ1n) is 5.66. The lowest BCUT2D eigenvalue weighted by molar-refractivity contribution is -0.383. The zero-order valence-corrected chi connectivity index (χ0v) is 11.0. The maximum absolute atomic E-state index is 10.9. The van der Waals surface area contributed by atoms with E-state index in [0.29, 0.717) is 17.3 Å². The predicted octanol–water partition coefficient (Wildman–Crippen LogP) is 3.56. The van der Waals surface area contributed by atoms with Gasteiger partial charge in [-0.15, -0.1) is 0 Å². The minimum absolute atomic E-state index is 0.0407. The lowest BCUT2D eigenvalue weighted by Crippen LogP contribution is -2.05. The number of anilines is 1. The molecule has 1 heterocycles. The van der Waals surface area contributed by atoms with Crippen LogP contribution in [0.5, 0.6) is 0 Å². The highest BCUT2D eigenvalue weighted by molar-refractivity contribution is 6.30. The first-order chi connectivity index (χ1) is 9.08. The molecule has 98 valence electrons. The number of nitro groups is 1. The number of nitrogens with one attached hydrogen (secondary N) is 1. The normalized spacial score (nSPS) is 10.2. The van der Waals surface area contributed by atoms with Crippen LogP contribution in [-0.4, -0.2) is 9.91 Å². The Morgan fingerprint density at radius 1 is 1.42 bits per heavy atom. The van der Waals surface area contributed by atoms with Crippen LogP contribution in [0.1, 0.15) is 11.3 Å². The lowest BCUT2D eigenvalue weighted by Gasteiger charge is -2.08. The first-order valence-corrected chi connectivity index (χ1v) is 6.04. The molecule has 0 unspecified atom stereocenters. The summed E-state index contributed by atoms with van der Waals surface area (Å²) in [5.74, 6) is 0. The van der Waals surface area contributed by atoms with Crippen LogP contribution in [-0.2, 0) is 6.54 Å². The zero-order chi connectivity index (χ0) is 13.8. The quantitative estimate of drug-likeness (QED) is 0.685. The highest BCUT2D eigenvalue weighted by atomic mass is 35.5. The number of nitro benzene ring substituents is 1. The number of benzene rings is 1. The molecule has 0 aliphatic carbocycles. The molecule has 0 amide bonds. The average Bonchev–Trinajstić information content (AvgIpc) is 2.38. The molecule has 1 aromatic heterocycles. The van der Waals surface area contributed by atoms with Crippen molar-refractivity contribution in [3.05, 3.63) is 62.9 Å². The van der Waals surface area contributed by atoms with Gasteiger partial charge in [0.25, 0.3) is 5.69 Å². The number of pyridine rings is 1. The molecule has 1 N–H and O–H groups in total. The molecule has 0 spiro atoms. The first kappa shape index (κ1) is 13.3. The molecule has 19 heavy (non-hydrogen) atoms. The number of hydrogen-bond donors (Lipinski definition) is 1. The van der Waals surface area contributed by atoms with Crippen molar-refractivity contribution >= 4 is 23.0 Å². The molecule has 0 atom stereocenters. The van der Waals surface area contributed by atoms with E-state index in [2.05, 4.69) is 10.3 Å². The van der Waals surface area contributed by atoms with E-state index in [4.69, 9.17) is 11.6 Å². The second kappa shape index (κ2) is 5.67. The molecular weight excluding hydrogens is 266 g/mol. The van der Waals surface area contributed by atoms with E-state index in [0.717, 1.165) is 11.3 Å². The molecule has 6 heteroatoms. The molecule has 0 radical (unpaired) electrons. The Morgan fingerprint density at radius 3 is 2.89 bits per heavy atom. The molecule has 0 bridgehead atoms.